The molecule has 1 aromatic carbocycles. The van der Waals surface area contributed by atoms with Crippen LogP contribution < -0.4 is 10.2 Å². The first-order valence-corrected chi connectivity index (χ1v) is 13.0. The average Bonchev–Trinajstić information content (AvgIpc) is 3.29. The van der Waals surface area contributed by atoms with Gasteiger partial charge in [0.05, 0.1) is 4.90 Å². The number of carbonyl (C=O) groups is 1. The van der Waals surface area contributed by atoms with E-state index < -0.39 is 9.84 Å². The zero-order valence-corrected chi connectivity index (χ0v) is 20.5. The first kappa shape index (κ1) is 23.8. The number of nitrogens with one attached hydrogen (secondary N) is 1. The standard InChI is InChI=1S/C23H28N6O4S/c1-14(2)20-27-23(33-28-20)16-9-11-29(12-10-16)22-19(15(3)30)21(24-13-25-22)26-17-5-7-18(8-6-17)34(4,31)32/h5-8,13-14,16H,9-12H2,1-4H3,(H,24,25,26). The van der Waals surface area contributed by atoms with Crippen molar-refractivity contribution in [2.75, 3.05) is 29.6 Å². The maximum absolute atomic E-state index is 12.6. The van der Waals surface area contributed by atoms with Crippen molar-refractivity contribution in [3.8, 4) is 0 Å². The van der Waals surface area contributed by atoms with E-state index in [4.69, 9.17) is 4.52 Å². The number of carbonyl (C=O) groups excluding carboxylic acids is 1. The summed E-state index contributed by atoms with van der Waals surface area (Å²) in [7, 11) is -3.29. The second kappa shape index (κ2) is 9.49. The summed E-state index contributed by atoms with van der Waals surface area (Å²) >= 11 is 0. The number of rotatable bonds is 7. The summed E-state index contributed by atoms with van der Waals surface area (Å²) in [5.41, 5.74) is 1.02. The Morgan fingerprint density at radius 2 is 1.82 bits per heavy atom. The van der Waals surface area contributed by atoms with Gasteiger partial charge in [-0.2, -0.15) is 4.98 Å². The normalized spacial score (nSPS) is 15.0. The summed E-state index contributed by atoms with van der Waals surface area (Å²) in [4.78, 5) is 28.1. The van der Waals surface area contributed by atoms with Gasteiger partial charge >= 0.3 is 0 Å². The molecule has 0 unspecified atom stereocenters. The van der Waals surface area contributed by atoms with E-state index >= 15 is 0 Å². The predicted octanol–water partition coefficient (Wildman–Crippen LogP) is 3.72. The maximum atomic E-state index is 12.6. The molecule has 1 aliphatic rings. The quantitative estimate of drug-likeness (QED) is 0.495. The topological polar surface area (TPSA) is 131 Å². The van der Waals surface area contributed by atoms with E-state index in [0.29, 0.717) is 47.7 Å². The largest absolute Gasteiger partial charge is 0.356 e. The third kappa shape index (κ3) is 5.09. The molecular weight excluding hydrogens is 456 g/mol. The lowest BCUT2D eigenvalue weighted by Crippen LogP contribution is -2.35. The molecule has 1 aliphatic heterocycles. The molecule has 34 heavy (non-hydrogen) atoms. The van der Waals surface area contributed by atoms with E-state index in [0.717, 1.165) is 19.1 Å². The van der Waals surface area contributed by atoms with Crippen molar-refractivity contribution in [3.05, 3.63) is 47.9 Å². The van der Waals surface area contributed by atoms with Crippen molar-refractivity contribution in [3.63, 3.8) is 0 Å². The number of piperidine rings is 1. The van der Waals surface area contributed by atoms with Gasteiger partial charge < -0.3 is 14.7 Å². The fourth-order valence-electron chi connectivity index (χ4n) is 3.94. The van der Waals surface area contributed by atoms with Crippen LogP contribution in [0.15, 0.2) is 40.0 Å². The van der Waals surface area contributed by atoms with Crippen LogP contribution in [0.2, 0.25) is 0 Å². The van der Waals surface area contributed by atoms with Gasteiger partial charge in [0, 0.05) is 36.9 Å². The molecule has 10 nitrogen and oxygen atoms in total. The zero-order chi connectivity index (χ0) is 24.5. The van der Waals surface area contributed by atoms with E-state index in [1.807, 2.05) is 13.8 Å². The van der Waals surface area contributed by atoms with Gasteiger partial charge in [-0.3, -0.25) is 4.79 Å². The number of sulfone groups is 1. The van der Waals surface area contributed by atoms with E-state index in [9.17, 15) is 13.2 Å². The van der Waals surface area contributed by atoms with E-state index in [-0.39, 0.29) is 22.5 Å². The van der Waals surface area contributed by atoms with Crippen LogP contribution in [-0.2, 0) is 9.84 Å². The minimum atomic E-state index is -3.29. The van der Waals surface area contributed by atoms with Gasteiger partial charge in [-0.15, -0.1) is 0 Å². The zero-order valence-electron chi connectivity index (χ0n) is 19.6. The van der Waals surface area contributed by atoms with Gasteiger partial charge in [0.15, 0.2) is 21.4 Å². The number of hydrogen-bond acceptors (Lipinski definition) is 10. The van der Waals surface area contributed by atoms with Crippen LogP contribution in [0.1, 0.15) is 67.5 Å². The van der Waals surface area contributed by atoms with Crippen molar-refractivity contribution in [2.24, 2.45) is 0 Å². The fraction of sp³-hybridized carbons (Fsp3) is 0.435. The Hall–Kier alpha value is -3.34. The first-order chi connectivity index (χ1) is 16.1. The third-order valence-electron chi connectivity index (χ3n) is 5.84. The molecule has 3 heterocycles. The molecule has 1 N–H and O–H groups in total. The van der Waals surface area contributed by atoms with E-state index in [2.05, 4.69) is 30.3 Å². The molecule has 4 rings (SSSR count). The van der Waals surface area contributed by atoms with Crippen LogP contribution in [0.4, 0.5) is 17.3 Å². The lowest BCUT2D eigenvalue weighted by molar-refractivity contribution is 0.101. The van der Waals surface area contributed by atoms with Gasteiger partial charge in [0.2, 0.25) is 5.89 Å². The number of nitrogens with zero attached hydrogens (tertiary/aromatic N) is 5. The van der Waals surface area contributed by atoms with Crippen LogP contribution >= 0.6 is 0 Å². The van der Waals surface area contributed by atoms with Crippen LogP contribution in [0.3, 0.4) is 0 Å². The number of hydrogen-bond donors (Lipinski definition) is 1. The molecule has 3 aromatic rings. The SMILES string of the molecule is CC(=O)c1c(Nc2ccc(S(C)(=O)=O)cc2)ncnc1N1CCC(c2nc(C(C)C)no2)CC1. The molecule has 180 valence electrons. The summed E-state index contributed by atoms with van der Waals surface area (Å²) in [5.74, 6) is 2.56. The van der Waals surface area contributed by atoms with Crippen LogP contribution in [0, 0.1) is 0 Å². The summed E-state index contributed by atoms with van der Waals surface area (Å²) in [5, 5.41) is 7.20. The molecule has 0 radical (unpaired) electrons. The highest BCUT2D eigenvalue weighted by Gasteiger charge is 2.29. The molecule has 0 spiro atoms. The molecule has 1 fully saturated rings. The van der Waals surface area contributed by atoms with Crippen molar-refractivity contribution in [1.29, 1.82) is 0 Å². The summed E-state index contributed by atoms with van der Waals surface area (Å²) in [6.07, 6.45) is 4.19. The van der Waals surface area contributed by atoms with Gasteiger partial charge in [0.25, 0.3) is 0 Å². The Morgan fingerprint density at radius 3 is 2.38 bits per heavy atom. The van der Waals surface area contributed by atoms with E-state index in [1.165, 1.54) is 25.4 Å². The molecule has 0 atom stereocenters. The minimum Gasteiger partial charge on any atom is -0.356 e. The molecule has 0 aliphatic carbocycles. The van der Waals surface area contributed by atoms with Gasteiger partial charge in [-0.1, -0.05) is 19.0 Å². The van der Waals surface area contributed by atoms with Gasteiger partial charge in [-0.25, -0.2) is 18.4 Å². The molecule has 11 heteroatoms. The van der Waals surface area contributed by atoms with Crippen molar-refractivity contribution < 1.29 is 17.7 Å². The number of benzene rings is 1. The molecule has 0 bridgehead atoms. The predicted molar refractivity (Wildman–Crippen MR) is 127 cm³/mol. The van der Waals surface area contributed by atoms with Crippen LogP contribution in [0.5, 0.6) is 0 Å². The fourth-order valence-corrected chi connectivity index (χ4v) is 4.57. The highest BCUT2D eigenvalue weighted by Crippen LogP contribution is 2.33. The number of aromatic nitrogens is 4. The van der Waals surface area contributed by atoms with Crippen molar-refractivity contribution >= 4 is 32.9 Å². The van der Waals surface area contributed by atoms with Crippen molar-refractivity contribution in [2.45, 2.75) is 50.3 Å². The Balaban J connectivity index is 1.53. The third-order valence-corrected chi connectivity index (χ3v) is 6.97. The summed E-state index contributed by atoms with van der Waals surface area (Å²) in [6.45, 7) is 6.91. The second-order valence-electron chi connectivity index (χ2n) is 8.81. The van der Waals surface area contributed by atoms with Crippen molar-refractivity contribution in [1.82, 2.24) is 20.1 Å². The highest BCUT2D eigenvalue weighted by molar-refractivity contribution is 7.90. The minimum absolute atomic E-state index is 0.161. The maximum Gasteiger partial charge on any atom is 0.229 e. The highest BCUT2D eigenvalue weighted by atomic mass is 32.2. The van der Waals surface area contributed by atoms with E-state index in [1.54, 1.807) is 12.1 Å². The smallest absolute Gasteiger partial charge is 0.229 e. The Bertz CT molecular complexity index is 1280. The van der Waals surface area contributed by atoms with Crippen LogP contribution in [0.25, 0.3) is 0 Å². The first-order valence-electron chi connectivity index (χ1n) is 11.1. The monoisotopic (exact) mass is 484 g/mol. The molecule has 0 saturated carbocycles. The lowest BCUT2D eigenvalue weighted by Gasteiger charge is -2.32. The Morgan fingerprint density at radius 1 is 1.15 bits per heavy atom. The molecular formula is C23H28N6O4S. The Labute approximate surface area is 198 Å². The molecule has 1 saturated heterocycles. The number of Topliss-reactive ketones (excluding diaryl/α,β-unsaturated/α-hetero) is 1. The summed E-state index contributed by atoms with van der Waals surface area (Å²) in [6, 6.07) is 6.31. The second-order valence-corrected chi connectivity index (χ2v) is 10.8. The summed E-state index contributed by atoms with van der Waals surface area (Å²) < 4.78 is 28.9. The number of anilines is 3. The van der Waals surface area contributed by atoms with Gasteiger partial charge in [-0.05, 0) is 44.0 Å². The molecule has 2 aromatic heterocycles. The number of ketones is 1. The Kier molecular flexibility index (Phi) is 6.65. The van der Waals surface area contributed by atoms with Crippen LogP contribution in [-0.4, -0.2) is 53.7 Å². The molecule has 0 amide bonds. The van der Waals surface area contributed by atoms with Gasteiger partial charge in [0.1, 0.15) is 23.5 Å². The average molecular weight is 485 g/mol. The lowest BCUT2D eigenvalue weighted by atomic mass is 9.96.